The summed E-state index contributed by atoms with van der Waals surface area (Å²) in [6.45, 7) is 0.382. The van der Waals surface area contributed by atoms with Gasteiger partial charge in [0.15, 0.2) is 0 Å². The molecule has 0 aromatic carbocycles. The molecule has 0 aromatic heterocycles. The lowest BCUT2D eigenvalue weighted by molar-refractivity contribution is -0.120. The number of amides is 1. The summed E-state index contributed by atoms with van der Waals surface area (Å²) >= 11 is 0. The van der Waals surface area contributed by atoms with Crippen molar-refractivity contribution in [1.29, 1.82) is 0 Å². The molecule has 0 spiro atoms. The zero-order chi connectivity index (χ0) is 10.3. The van der Waals surface area contributed by atoms with Gasteiger partial charge in [0.25, 0.3) is 0 Å². The molecule has 0 unspecified atom stereocenters. The monoisotopic (exact) mass is 209 g/mol. The highest BCUT2D eigenvalue weighted by atomic mass is 32.2. The van der Waals surface area contributed by atoms with Crippen LogP contribution in [-0.4, -0.2) is 40.2 Å². The standard InChI is InChI=1S/C6H15N3O3S/c1-8-13(11,12)5-4-9-6(10)2-3-7/h8H,2-5,7H2,1H3,(H,9,10). The number of carbonyl (C=O) groups excluding carboxylic acids is 1. The second-order valence-electron chi connectivity index (χ2n) is 2.41. The van der Waals surface area contributed by atoms with E-state index in [4.69, 9.17) is 5.73 Å². The van der Waals surface area contributed by atoms with Crippen LogP contribution in [0.1, 0.15) is 6.42 Å². The topological polar surface area (TPSA) is 101 Å². The van der Waals surface area contributed by atoms with E-state index in [0.29, 0.717) is 0 Å². The van der Waals surface area contributed by atoms with Crippen molar-refractivity contribution in [2.45, 2.75) is 6.42 Å². The van der Waals surface area contributed by atoms with Crippen molar-refractivity contribution in [3.05, 3.63) is 0 Å². The Balaban J connectivity index is 3.62. The molecule has 13 heavy (non-hydrogen) atoms. The predicted octanol–water partition coefficient (Wildman–Crippen LogP) is -2.00. The molecule has 0 fully saturated rings. The number of nitrogens with one attached hydrogen (secondary N) is 2. The maximum Gasteiger partial charge on any atom is 0.221 e. The van der Waals surface area contributed by atoms with Crippen LogP contribution in [0, 0.1) is 0 Å². The molecule has 0 heterocycles. The van der Waals surface area contributed by atoms with Crippen LogP contribution in [0.4, 0.5) is 0 Å². The Bertz CT molecular complexity index is 250. The number of sulfonamides is 1. The zero-order valence-electron chi connectivity index (χ0n) is 7.54. The van der Waals surface area contributed by atoms with Gasteiger partial charge in [-0.3, -0.25) is 4.79 Å². The lowest BCUT2D eigenvalue weighted by atomic mass is 10.4. The molecule has 0 aliphatic carbocycles. The number of nitrogens with two attached hydrogens (primary N) is 1. The van der Waals surface area contributed by atoms with E-state index in [2.05, 4.69) is 10.0 Å². The van der Waals surface area contributed by atoms with Gasteiger partial charge in [-0.1, -0.05) is 0 Å². The average molecular weight is 209 g/mol. The zero-order valence-corrected chi connectivity index (χ0v) is 8.36. The highest BCUT2D eigenvalue weighted by Crippen LogP contribution is 1.80. The van der Waals surface area contributed by atoms with Crippen LogP contribution < -0.4 is 15.8 Å². The van der Waals surface area contributed by atoms with E-state index in [0.717, 1.165) is 0 Å². The van der Waals surface area contributed by atoms with Crippen LogP contribution in [0.25, 0.3) is 0 Å². The summed E-state index contributed by atoms with van der Waals surface area (Å²) in [5, 5.41) is 2.44. The Morgan fingerprint density at radius 2 is 2.08 bits per heavy atom. The molecule has 0 bridgehead atoms. The first-order chi connectivity index (χ1) is 6.02. The number of hydrogen-bond donors (Lipinski definition) is 3. The van der Waals surface area contributed by atoms with Gasteiger partial charge in [-0.2, -0.15) is 0 Å². The lowest BCUT2D eigenvalue weighted by Crippen LogP contribution is -2.33. The van der Waals surface area contributed by atoms with Gasteiger partial charge in [0, 0.05) is 19.5 Å². The van der Waals surface area contributed by atoms with Crippen molar-refractivity contribution in [3.8, 4) is 0 Å². The number of hydrogen-bond acceptors (Lipinski definition) is 4. The van der Waals surface area contributed by atoms with E-state index in [1.54, 1.807) is 0 Å². The molecule has 4 N–H and O–H groups in total. The van der Waals surface area contributed by atoms with Crippen LogP contribution in [-0.2, 0) is 14.8 Å². The van der Waals surface area contributed by atoms with Crippen molar-refractivity contribution in [3.63, 3.8) is 0 Å². The summed E-state index contributed by atoms with van der Waals surface area (Å²) in [5.74, 6) is -0.339. The van der Waals surface area contributed by atoms with Gasteiger partial charge in [0.2, 0.25) is 15.9 Å². The third kappa shape index (κ3) is 6.50. The first kappa shape index (κ1) is 12.3. The molecule has 0 atom stereocenters. The van der Waals surface area contributed by atoms with Crippen molar-refractivity contribution in [1.82, 2.24) is 10.0 Å². The van der Waals surface area contributed by atoms with Crippen molar-refractivity contribution < 1.29 is 13.2 Å². The molecule has 6 nitrogen and oxygen atoms in total. The maximum atomic E-state index is 10.9. The van der Waals surface area contributed by atoms with Crippen LogP contribution in [0.15, 0.2) is 0 Å². The van der Waals surface area contributed by atoms with Crippen LogP contribution in [0.5, 0.6) is 0 Å². The maximum absolute atomic E-state index is 10.9. The molecule has 0 saturated carbocycles. The minimum absolute atomic E-state index is 0.111. The highest BCUT2D eigenvalue weighted by molar-refractivity contribution is 7.89. The van der Waals surface area contributed by atoms with Gasteiger partial charge in [-0.15, -0.1) is 0 Å². The molecule has 7 heteroatoms. The van der Waals surface area contributed by atoms with E-state index >= 15 is 0 Å². The van der Waals surface area contributed by atoms with Crippen molar-refractivity contribution in [2.24, 2.45) is 5.73 Å². The smallest absolute Gasteiger partial charge is 0.221 e. The SMILES string of the molecule is CNS(=O)(=O)CCNC(=O)CCN. The summed E-state index contributed by atoms with van der Waals surface area (Å²) < 4.78 is 23.8. The van der Waals surface area contributed by atoms with Crippen LogP contribution in [0.3, 0.4) is 0 Å². The average Bonchev–Trinajstić information content (AvgIpc) is 2.05. The Hall–Kier alpha value is -0.660. The number of carbonyl (C=O) groups is 1. The van der Waals surface area contributed by atoms with Gasteiger partial charge in [-0.25, -0.2) is 13.1 Å². The third-order valence-electron chi connectivity index (χ3n) is 1.38. The molecule has 0 aliphatic heterocycles. The fourth-order valence-electron chi connectivity index (χ4n) is 0.646. The summed E-state index contributed by atoms with van der Waals surface area (Å²) in [6.07, 6.45) is 0.222. The molecule has 78 valence electrons. The fraction of sp³-hybridized carbons (Fsp3) is 0.833. The van der Waals surface area contributed by atoms with E-state index in [-0.39, 0.29) is 31.2 Å². The summed E-state index contributed by atoms with van der Waals surface area (Å²) in [7, 11) is -1.90. The second kappa shape index (κ2) is 5.90. The highest BCUT2D eigenvalue weighted by Gasteiger charge is 2.06. The van der Waals surface area contributed by atoms with Gasteiger partial charge in [0.1, 0.15) is 0 Å². The molecular formula is C6H15N3O3S. The summed E-state index contributed by atoms with van der Waals surface area (Å²) in [5.41, 5.74) is 5.12. The Labute approximate surface area is 77.9 Å². The van der Waals surface area contributed by atoms with E-state index < -0.39 is 10.0 Å². The lowest BCUT2D eigenvalue weighted by Gasteiger charge is -2.04. The Morgan fingerprint density at radius 1 is 1.46 bits per heavy atom. The fourth-order valence-corrected chi connectivity index (χ4v) is 1.22. The Kier molecular flexibility index (Phi) is 5.60. The molecule has 0 radical (unpaired) electrons. The van der Waals surface area contributed by atoms with Crippen molar-refractivity contribution in [2.75, 3.05) is 25.9 Å². The molecule has 0 aromatic rings. The quantitative estimate of drug-likeness (QED) is 0.471. The molecular weight excluding hydrogens is 194 g/mol. The molecule has 0 rings (SSSR count). The third-order valence-corrected chi connectivity index (χ3v) is 2.74. The normalized spacial score (nSPS) is 11.2. The largest absolute Gasteiger partial charge is 0.355 e. The Morgan fingerprint density at radius 3 is 2.54 bits per heavy atom. The van der Waals surface area contributed by atoms with E-state index in [1.807, 2.05) is 0 Å². The minimum atomic E-state index is -3.23. The van der Waals surface area contributed by atoms with Gasteiger partial charge in [0.05, 0.1) is 5.75 Å². The van der Waals surface area contributed by atoms with Crippen LogP contribution in [0.2, 0.25) is 0 Å². The van der Waals surface area contributed by atoms with E-state index in [9.17, 15) is 13.2 Å². The predicted molar refractivity (Wildman–Crippen MR) is 49.5 cm³/mol. The molecule has 0 aliphatic rings. The number of rotatable bonds is 6. The van der Waals surface area contributed by atoms with Crippen molar-refractivity contribution >= 4 is 15.9 Å². The minimum Gasteiger partial charge on any atom is -0.355 e. The van der Waals surface area contributed by atoms with E-state index in [1.165, 1.54) is 7.05 Å². The molecule has 1 amide bonds. The van der Waals surface area contributed by atoms with Gasteiger partial charge < -0.3 is 11.1 Å². The van der Waals surface area contributed by atoms with Crippen LogP contribution >= 0.6 is 0 Å². The van der Waals surface area contributed by atoms with Gasteiger partial charge in [-0.05, 0) is 7.05 Å². The van der Waals surface area contributed by atoms with Gasteiger partial charge >= 0.3 is 0 Å². The second-order valence-corrected chi connectivity index (χ2v) is 4.46. The molecule has 0 saturated heterocycles. The summed E-state index contributed by atoms with van der Waals surface area (Å²) in [6, 6.07) is 0. The first-order valence-electron chi connectivity index (χ1n) is 3.90. The summed E-state index contributed by atoms with van der Waals surface area (Å²) in [4.78, 5) is 10.8. The first-order valence-corrected chi connectivity index (χ1v) is 5.55.